The summed E-state index contributed by atoms with van der Waals surface area (Å²) in [6.07, 6.45) is 4.32. The first-order chi connectivity index (χ1) is 9.15. The summed E-state index contributed by atoms with van der Waals surface area (Å²) in [7, 11) is 6.31. The van der Waals surface area contributed by atoms with Crippen LogP contribution in [0.5, 0.6) is 0 Å². The summed E-state index contributed by atoms with van der Waals surface area (Å²) >= 11 is 0. The highest BCUT2D eigenvalue weighted by molar-refractivity contribution is 5.46. The number of likely N-dealkylation sites (N-methyl/N-ethyl adjacent to an activating group) is 1. The number of nitrogens with one attached hydrogen (secondary N) is 1. The highest BCUT2D eigenvalue weighted by Crippen LogP contribution is 2.23. The molecule has 0 spiro atoms. The standard InChI is InChI=1S/C15H26N4/c1-5-14(16-2)15-7-6-12(10-17-15)19-9-8-13(11-19)18(3)4/h6-7,10,13-14,16H,5,8-9,11H2,1-4H3. The fraction of sp³-hybridized carbons (Fsp3) is 0.667. The zero-order valence-electron chi connectivity index (χ0n) is 12.6. The molecule has 1 aliphatic heterocycles. The Kier molecular flexibility index (Phi) is 4.77. The summed E-state index contributed by atoms with van der Waals surface area (Å²) in [6, 6.07) is 5.39. The van der Waals surface area contributed by atoms with E-state index < -0.39 is 0 Å². The number of hydrogen-bond donors (Lipinski definition) is 1. The number of hydrogen-bond acceptors (Lipinski definition) is 4. The van der Waals surface area contributed by atoms with E-state index in [4.69, 9.17) is 0 Å². The molecule has 0 aliphatic carbocycles. The molecule has 0 aromatic carbocycles. The van der Waals surface area contributed by atoms with E-state index in [0.29, 0.717) is 12.1 Å². The molecule has 1 fully saturated rings. The predicted octanol–water partition coefficient (Wildman–Crippen LogP) is 1.89. The highest BCUT2D eigenvalue weighted by Gasteiger charge is 2.24. The van der Waals surface area contributed by atoms with Crippen LogP contribution in [0.25, 0.3) is 0 Å². The molecular formula is C15H26N4. The van der Waals surface area contributed by atoms with Gasteiger partial charge in [-0.05, 0) is 46.1 Å². The van der Waals surface area contributed by atoms with E-state index in [9.17, 15) is 0 Å². The van der Waals surface area contributed by atoms with E-state index in [1.165, 1.54) is 12.1 Å². The maximum Gasteiger partial charge on any atom is 0.0574 e. The van der Waals surface area contributed by atoms with Gasteiger partial charge in [-0.25, -0.2) is 0 Å². The van der Waals surface area contributed by atoms with E-state index in [1.807, 2.05) is 13.2 Å². The molecule has 2 rings (SSSR count). The molecule has 4 heteroatoms. The minimum Gasteiger partial charge on any atom is -0.369 e. The van der Waals surface area contributed by atoms with Crippen LogP contribution in [-0.4, -0.2) is 50.2 Å². The number of nitrogens with zero attached hydrogens (tertiary/aromatic N) is 3. The van der Waals surface area contributed by atoms with Gasteiger partial charge in [-0.2, -0.15) is 0 Å². The van der Waals surface area contributed by atoms with Crippen LogP contribution < -0.4 is 10.2 Å². The Morgan fingerprint density at radius 3 is 2.74 bits per heavy atom. The Hall–Kier alpha value is -1.13. The SMILES string of the molecule is CCC(NC)c1ccc(N2CCC(N(C)C)C2)cn1. The molecule has 1 N–H and O–H groups in total. The zero-order valence-corrected chi connectivity index (χ0v) is 12.6. The second-order valence-corrected chi connectivity index (χ2v) is 5.54. The van der Waals surface area contributed by atoms with Gasteiger partial charge in [0.1, 0.15) is 0 Å². The van der Waals surface area contributed by atoms with Crippen molar-refractivity contribution < 1.29 is 0 Å². The van der Waals surface area contributed by atoms with Gasteiger partial charge in [0.2, 0.25) is 0 Å². The summed E-state index contributed by atoms with van der Waals surface area (Å²) in [5.41, 5.74) is 2.39. The van der Waals surface area contributed by atoms with Crippen LogP contribution in [0.1, 0.15) is 31.5 Å². The molecule has 4 nitrogen and oxygen atoms in total. The van der Waals surface area contributed by atoms with Crippen molar-refractivity contribution in [2.75, 3.05) is 39.1 Å². The monoisotopic (exact) mass is 262 g/mol. The molecule has 19 heavy (non-hydrogen) atoms. The lowest BCUT2D eigenvalue weighted by molar-refractivity contribution is 0.315. The van der Waals surface area contributed by atoms with Gasteiger partial charge in [0, 0.05) is 25.2 Å². The molecule has 1 aromatic heterocycles. The Morgan fingerprint density at radius 2 is 2.26 bits per heavy atom. The van der Waals surface area contributed by atoms with Crippen LogP contribution in [0.3, 0.4) is 0 Å². The van der Waals surface area contributed by atoms with Crippen molar-refractivity contribution in [1.29, 1.82) is 0 Å². The maximum atomic E-state index is 4.62. The van der Waals surface area contributed by atoms with E-state index >= 15 is 0 Å². The first kappa shape index (κ1) is 14.3. The van der Waals surface area contributed by atoms with Crippen molar-refractivity contribution in [3.63, 3.8) is 0 Å². The Morgan fingerprint density at radius 1 is 1.47 bits per heavy atom. The molecule has 0 amide bonds. The molecular weight excluding hydrogens is 236 g/mol. The molecule has 1 aliphatic rings. The molecule has 1 saturated heterocycles. The van der Waals surface area contributed by atoms with Crippen LogP contribution in [0.2, 0.25) is 0 Å². The van der Waals surface area contributed by atoms with Gasteiger partial charge in [0.25, 0.3) is 0 Å². The second kappa shape index (κ2) is 6.35. The number of pyridine rings is 1. The molecule has 0 radical (unpaired) electrons. The molecule has 2 unspecified atom stereocenters. The lowest BCUT2D eigenvalue weighted by Gasteiger charge is -2.22. The summed E-state index contributed by atoms with van der Waals surface area (Å²) in [6.45, 7) is 4.42. The van der Waals surface area contributed by atoms with Crippen molar-refractivity contribution in [3.8, 4) is 0 Å². The van der Waals surface area contributed by atoms with Crippen molar-refractivity contribution in [2.45, 2.75) is 31.8 Å². The highest BCUT2D eigenvalue weighted by atomic mass is 15.2. The molecule has 0 bridgehead atoms. The topological polar surface area (TPSA) is 31.4 Å². The van der Waals surface area contributed by atoms with Gasteiger partial charge in [-0.1, -0.05) is 6.92 Å². The van der Waals surface area contributed by atoms with Crippen LogP contribution in [0, 0.1) is 0 Å². The van der Waals surface area contributed by atoms with Gasteiger partial charge < -0.3 is 15.1 Å². The van der Waals surface area contributed by atoms with Crippen molar-refractivity contribution in [2.24, 2.45) is 0 Å². The second-order valence-electron chi connectivity index (χ2n) is 5.54. The maximum absolute atomic E-state index is 4.62. The lowest BCUT2D eigenvalue weighted by Crippen LogP contribution is -2.31. The first-order valence-corrected chi connectivity index (χ1v) is 7.20. The molecule has 0 saturated carbocycles. The van der Waals surface area contributed by atoms with Crippen LogP contribution >= 0.6 is 0 Å². The van der Waals surface area contributed by atoms with Gasteiger partial charge in [-0.3, -0.25) is 4.98 Å². The minimum atomic E-state index is 0.363. The van der Waals surface area contributed by atoms with E-state index in [1.54, 1.807) is 0 Å². The van der Waals surface area contributed by atoms with Crippen LogP contribution in [-0.2, 0) is 0 Å². The Balaban J connectivity index is 2.03. The van der Waals surface area contributed by atoms with Crippen molar-refractivity contribution in [1.82, 2.24) is 15.2 Å². The molecule has 2 atom stereocenters. The van der Waals surface area contributed by atoms with Crippen LogP contribution in [0.4, 0.5) is 5.69 Å². The average Bonchev–Trinajstić information content (AvgIpc) is 2.91. The zero-order chi connectivity index (χ0) is 13.8. The molecule has 1 aromatic rings. The van der Waals surface area contributed by atoms with Gasteiger partial charge in [0.15, 0.2) is 0 Å². The van der Waals surface area contributed by atoms with E-state index in [0.717, 1.165) is 25.2 Å². The van der Waals surface area contributed by atoms with Crippen molar-refractivity contribution in [3.05, 3.63) is 24.0 Å². The summed E-state index contributed by atoms with van der Waals surface area (Å²) < 4.78 is 0. The van der Waals surface area contributed by atoms with Gasteiger partial charge >= 0.3 is 0 Å². The predicted molar refractivity (Wildman–Crippen MR) is 80.6 cm³/mol. The summed E-state index contributed by atoms with van der Waals surface area (Å²) in [5, 5.41) is 3.30. The average molecular weight is 262 g/mol. The third kappa shape index (κ3) is 3.25. The van der Waals surface area contributed by atoms with Crippen molar-refractivity contribution >= 4 is 5.69 Å². The molecule has 2 heterocycles. The number of aromatic nitrogens is 1. The fourth-order valence-corrected chi connectivity index (χ4v) is 2.75. The third-order valence-electron chi connectivity index (χ3n) is 4.14. The quantitative estimate of drug-likeness (QED) is 0.878. The summed E-state index contributed by atoms with van der Waals surface area (Å²) in [5.74, 6) is 0. The Labute approximate surface area is 116 Å². The van der Waals surface area contributed by atoms with Gasteiger partial charge in [-0.15, -0.1) is 0 Å². The lowest BCUT2D eigenvalue weighted by atomic mass is 10.1. The van der Waals surface area contributed by atoms with Crippen LogP contribution in [0.15, 0.2) is 18.3 Å². The fourth-order valence-electron chi connectivity index (χ4n) is 2.75. The van der Waals surface area contributed by atoms with E-state index in [2.05, 4.69) is 53.3 Å². The first-order valence-electron chi connectivity index (χ1n) is 7.20. The number of anilines is 1. The van der Waals surface area contributed by atoms with E-state index in [-0.39, 0.29) is 0 Å². The number of rotatable bonds is 5. The minimum absolute atomic E-state index is 0.363. The smallest absolute Gasteiger partial charge is 0.0574 e. The normalized spacial score (nSPS) is 21.1. The largest absolute Gasteiger partial charge is 0.369 e. The summed E-state index contributed by atoms with van der Waals surface area (Å²) in [4.78, 5) is 9.37. The molecule has 106 valence electrons. The third-order valence-corrected chi connectivity index (χ3v) is 4.14. The van der Waals surface area contributed by atoms with Gasteiger partial charge in [0.05, 0.1) is 17.6 Å². The Bertz CT molecular complexity index is 384.